The lowest BCUT2D eigenvalue weighted by Gasteiger charge is -2.20. The van der Waals surface area contributed by atoms with Crippen LogP contribution in [0, 0.1) is 5.92 Å². The van der Waals surface area contributed by atoms with Crippen LogP contribution < -0.4 is 11.5 Å². The Labute approximate surface area is 106 Å². The van der Waals surface area contributed by atoms with E-state index in [0.29, 0.717) is 5.13 Å². The molecule has 0 amide bonds. The van der Waals surface area contributed by atoms with Crippen LogP contribution in [0.25, 0.3) is 0 Å². The minimum absolute atomic E-state index is 0.0960. The van der Waals surface area contributed by atoms with Crippen molar-refractivity contribution in [3.63, 3.8) is 0 Å². The number of nitrogens with two attached hydrogens (primary N) is 2. The Morgan fingerprint density at radius 3 is 3.06 bits per heavy atom. The summed E-state index contributed by atoms with van der Waals surface area (Å²) >= 11 is 1.63. The molecule has 1 heterocycles. The Hall–Kier alpha value is -1.10. The summed E-state index contributed by atoms with van der Waals surface area (Å²) in [5.74, 6) is 0.898. The highest BCUT2D eigenvalue weighted by Crippen LogP contribution is 2.34. The monoisotopic (exact) mass is 252 g/mol. The van der Waals surface area contributed by atoms with Gasteiger partial charge in [-0.05, 0) is 25.2 Å². The van der Waals surface area contributed by atoms with Crippen molar-refractivity contribution in [1.82, 2.24) is 4.98 Å². The summed E-state index contributed by atoms with van der Waals surface area (Å²) in [6.45, 7) is 2.24. The molecule has 0 bridgehead atoms. The van der Waals surface area contributed by atoms with Crippen LogP contribution in [-0.2, 0) is 12.8 Å². The summed E-state index contributed by atoms with van der Waals surface area (Å²) in [5.41, 5.74) is 12.0. The first-order valence-corrected chi connectivity index (χ1v) is 7.09. The minimum atomic E-state index is 0.0960. The number of aromatic nitrogens is 1. The van der Waals surface area contributed by atoms with E-state index in [1.807, 2.05) is 0 Å². The summed E-state index contributed by atoms with van der Waals surface area (Å²) < 4.78 is 0. The standard InChI is InChI=1S/C12H20N4S/c1-2-3-4-8-5-6-10-9(7-8)15-12(17-10)16-11(13)14/h8H,2-7H2,1H3,(H4,13,14,15,16)/t8-/m1/s1. The molecule has 0 radical (unpaired) electrons. The lowest BCUT2D eigenvalue weighted by molar-refractivity contribution is 0.411. The topological polar surface area (TPSA) is 77.3 Å². The van der Waals surface area contributed by atoms with E-state index in [1.165, 1.54) is 36.3 Å². The number of unbranched alkanes of at least 4 members (excludes halogenated alkanes) is 1. The van der Waals surface area contributed by atoms with Crippen molar-refractivity contribution in [2.24, 2.45) is 22.4 Å². The second-order valence-corrected chi connectivity index (χ2v) is 5.72. The third-order valence-corrected chi connectivity index (χ3v) is 4.27. The van der Waals surface area contributed by atoms with Gasteiger partial charge in [0.2, 0.25) is 5.13 Å². The highest BCUT2D eigenvalue weighted by atomic mass is 32.1. The van der Waals surface area contributed by atoms with Crippen LogP contribution in [0.2, 0.25) is 0 Å². The van der Waals surface area contributed by atoms with E-state index >= 15 is 0 Å². The molecule has 0 fully saturated rings. The number of guanidine groups is 1. The molecule has 5 heteroatoms. The molecule has 4 nitrogen and oxygen atoms in total. The maximum atomic E-state index is 5.37. The Bertz CT molecular complexity index is 407. The fourth-order valence-corrected chi connectivity index (χ4v) is 3.33. The average Bonchev–Trinajstić information content (AvgIpc) is 2.66. The number of hydrogen-bond donors (Lipinski definition) is 2. The second kappa shape index (κ2) is 5.49. The Morgan fingerprint density at radius 2 is 2.35 bits per heavy atom. The number of thiazole rings is 1. The first kappa shape index (κ1) is 12.4. The van der Waals surface area contributed by atoms with Gasteiger partial charge in [0.1, 0.15) is 0 Å². The highest BCUT2D eigenvalue weighted by Gasteiger charge is 2.22. The quantitative estimate of drug-likeness (QED) is 0.638. The molecule has 0 saturated carbocycles. The van der Waals surface area contributed by atoms with Crippen LogP contribution in [0.1, 0.15) is 43.2 Å². The molecule has 2 rings (SSSR count). The molecule has 0 aliphatic heterocycles. The predicted octanol–water partition coefficient (Wildman–Crippen LogP) is 2.34. The maximum Gasteiger partial charge on any atom is 0.212 e. The Kier molecular flexibility index (Phi) is 3.99. The van der Waals surface area contributed by atoms with Crippen molar-refractivity contribution in [1.29, 1.82) is 0 Å². The van der Waals surface area contributed by atoms with Gasteiger partial charge in [-0.25, -0.2) is 4.98 Å². The molecular weight excluding hydrogens is 232 g/mol. The molecule has 0 saturated heterocycles. The summed E-state index contributed by atoms with van der Waals surface area (Å²) in [5, 5.41) is 0.714. The second-order valence-electron chi connectivity index (χ2n) is 4.65. The van der Waals surface area contributed by atoms with Crippen LogP contribution >= 0.6 is 11.3 Å². The third-order valence-electron chi connectivity index (χ3n) is 3.22. The number of fused-ring (bicyclic) bond motifs is 1. The van der Waals surface area contributed by atoms with Crippen molar-refractivity contribution in [2.75, 3.05) is 0 Å². The molecular formula is C12H20N4S. The fraction of sp³-hybridized carbons (Fsp3) is 0.667. The van der Waals surface area contributed by atoms with Gasteiger partial charge in [-0.2, -0.15) is 4.99 Å². The summed E-state index contributed by atoms with van der Waals surface area (Å²) in [6.07, 6.45) is 7.46. The molecule has 0 aromatic carbocycles. The SMILES string of the molecule is CCCC[C@@H]1CCc2sc(N=C(N)N)nc2C1. The molecule has 17 heavy (non-hydrogen) atoms. The van der Waals surface area contributed by atoms with Crippen molar-refractivity contribution in [3.05, 3.63) is 10.6 Å². The van der Waals surface area contributed by atoms with E-state index < -0.39 is 0 Å². The lowest BCUT2D eigenvalue weighted by atomic mass is 9.87. The fourth-order valence-electron chi connectivity index (χ4n) is 2.33. The van der Waals surface area contributed by atoms with Gasteiger partial charge >= 0.3 is 0 Å². The van der Waals surface area contributed by atoms with Gasteiger partial charge in [0.05, 0.1) is 5.69 Å². The Morgan fingerprint density at radius 1 is 1.53 bits per heavy atom. The third kappa shape index (κ3) is 3.19. The highest BCUT2D eigenvalue weighted by molar-refractivity contribution is 7.15. The lowest BCUT2D eigenvalue weighted by Crippen LogP contribution is -2.21. The van der Waals surface area contributed by atoms with Gasteiger partial charge in [0.15, 0.2) is 5.96 Å². The normalized spacial score (nSPS) is 18.8. The first-order valence-electron chi connectivity index (χ1n) is 6.27. The minimum Gasteiger partial charge on any atom is -0.370 e. The van der Waals surface area contributed by atoms with E-state index in [0.717, 1.165) is 18.8 Å². The van der Waals surface area contributed by atoms with Crippen molar-refractivity contribution in [3.8, 4) is 0 Å². The molecule has 1 aliphatic carbocycles. The smallest absolute Gasteiger partial charge is 0.212 e. The zero-order chi connectivity index (χ0) is 12.3. The number of aliphatic imine (C=N–C) groups is 1. The van der Waals surface area contributed by atoms with Crippen LogP contribution in [0.5, 0.6) is 0 Å². The van der Waals surface area contributed by atoms with Gasteiger partial charge in [-0.3, -0.25) is 0 Å². The van der Waals surface area contributed by atoms with Crippen LogP contribution in [0.4, 0.5) is 5.13 Å². The van der Waals surface area contributed by atoms with E-state index in [-0.39, 0.29) is 5.96 Å². The molecule has 0 unspecified atom stereocenters. The molecule has 1 aromatic rings. The molecule has 4 N–H and O–H groups in total. The summed E-state index contributed by atoms with van der Waals surface area (Å²) in [4.78, 5) is 9.92. The van der Waals surface area contributed by atoms with Crippen molar-refractivity contribution >= 4 is 22.4 Å². The molecule has 1 aliphatic rings. The number of nitrogens with zero attached hydrogens (tertiary/aromatic N) is 2. The molecule has 0 spiro atoms. The van der Waals surface area contributed by atoms with E-state index in [2.05, 4.69) is 16.9 Å². The zero-order valence-corrected chi connectivity index (χ0v) is 11.1. The maximum absolute atomic E-state index is 5.37. The largest absolute Gasteiger partial charge is 0.370 e. The van der Waals surface area contributed by atoms with Gasteiger partial charge in [0.25, 0.3) is 0 Å². The van der Waals surface area contributed by atoms with Crippen molar-refractivity contribution < 1.29 is 0 Å². The molecule has 1 atom stereocenters. The average molecular weight is 252 g/mol. The molecule has 94 valence electrons. The number of aryl methyl sites for hydroxylation is 1. The van der Waals surface area contributed by atoms with Crippen LogP contribution in [-0.4, -0.2) is 10.9 Å². The first-order chi connectivity index (χ1) is 8.19. The van der Waals surface area contributed by atoms with Gasteiger partial charge in [-0.1, -0.05) is 37.5 Å². The zero-order valence-electron chi connectivity index (χ0n) is 10.3. The van der Waals surface area contributed by atoms with Crippen LogP contribution in [0.15, 0.2) is 4.99 Å². The summed E-state index contributed by atoms with van der Waals surface area (Å²) in [7, 11) is 0. The van der Waals surface area contributed by atoms with Gasteiger partial charge in [-0.15, -0.1) is 0 Å². The Balaban J connectivity index is 2.05. The van der Waals surface area contributed by atoms with E-state index in [9.17, 15) is 0 Å². The summed E-state index contributed by atoms with van der Waals surface area (Å²) in [6, 6.07) is 0. The number of hydrogen-bond acceptors (Lipinski definition) is 3. The number of rotatable bonds is 4. The molecule has 1 aromatic heterocycles. The van der Waals surface area contributed by atoms with E-state index in [1.54, 1.807) is 11.3 Å². The van der Waals surface area contributed by atoms with Crippen molar-refractivity contribution in [2.45, 2.75) is 45.4 Å². The van der Waals surface area contributed by atoms with E-state index in [4.69, 9.17) is 11.5 Å². The van der Waals surface area contributed by atoms with Gasteiger partial charge < -0.3 is 11.5 Å². The van der Waals surface area contributed by atoms with Crippen LogP contribution in [0.3, 0.4) is 0 Å². The van der Waals surface area contributed by atoms with Gasteiger partial charge in [0, 0.05) is 4.88 Å². The predicted molar refractivity (Wildman–Crippen MR) is 72.6 cm³/mol.